The van der Waals surface area contributed by atoms with Gasteiger partial charge in [0.2, 0.25) is 5.91 Å². The van der Waals surface area contributed by atoms with Crippen LogP contribution in [0.15, 0.2) is 0 Å². The van der Waals surface area contributed by atoms with Crippen LogP contribution in [-0.2, 0) is 14.3 Å². The Morgan fingerprint density at radius 2 is 0.957 bits per heavy atom. The first-order chi connectivity index (χ1) is 22.6. The molecule has 6 heteroatoms. The van der Waals surface area contributed by atoms with E-state index in [4.69, 9.17) is 9.47 Å². The first-order valence-corrected chi connectivity index (χ1v) is 20.3. The van der Waals surface area contributed by atoms with Crippen molar-refractivity contribution in [2.45, 2.75) is 213 Å². The Bertz CT molecular complexity index is 604. The first kappa shape index (κ1) is 45.3. The van der Waals surface area contributed by atoms with Crippen LogP contribution in [0, 0.1) is 0 Å². The summed E-state index contributed by atoms with van der Waals surface area (Å²) in [6.45, 7) is 8.47. The highest BCUT2D eigenvalue weighted by molar-refractivity contribution is 5.76. The summed E-state index contributed by atoms with van der Waals surface area (Å²) in [7, 11) is 0. The molecule has 0 heterocycles. The fourth-order valence-electron chi connectivity index (χ4n) is 6.17. The Morgan fingerprint density at radius 3 is 1.35 bits per heavy atom. The minimum Gasteiger partial charge on any atom is -0.394 e. The number of rotatable bonds is 38. The molecule has 6 nitrogen and oxygen atoms in total. The molecule has 0 fully saturated rings. The Kier molecular flexibility index (Phi) is 36.6. The molecule has 0 aromatic heterocycles. The molecule has 0 spiro atoms. The van der Waals surface area contributed by atoms with Gasteiger partial charge in [-0.2, -0.15) is 0 Å². The lowest BCUT2D eigenvalue weighted by Crippen LogP contribution is -2.41. The standard InChI is InChI=1S/C40H81NO5/c1-4-7-9-11-13-15-17-19-21-23-25-27-29-31-33-45-37-39(46-36-38(43)35-42)34-41(6-3)40(44)32-30-28-26-24-22-20-18-16-14-12-10-8-5-2/h38-39,42-43H,4-37H2,1-3H3. The SMILES string of the molecule is CCCCCCCCCCCCCCCCOCC(CN(CC)C(=O)CCCCCCCCCCCCCCC)OCC(O)CO. The quantitative estimate of drug-likeness (QED) is 0.0647. The van der Waals surface area contributed by atoms with E-state index in [2.05, 4.69) is 13.8 Å². The van der Waals surface area contributed by atoms with Crippen LogP contribution < -0.4 is 0 Å². The number of unbranched alkanes of at least 4 members (excludes halogenated alkanes) is 25. The summed E-state index contributed by atoms with van der Waals surface area (Å²) >= 11 is 0. The highest BCUT2D eigenvalue weighted by Gasteiger charge is 2.19. The Labute approximate surface area is 287 Å². The van der Waals surface area contributed by atoms with Crippen LogP contribution in [0.1, 0.15) is 201 Å². The van der Waals surface area contributed by atoms with E-state index in [0.29, 0.717) is 32.7 Å². The van der Waals surface area contributed by atoms with Gasteiger partial charge in [-0.05, 0) is 19.8 Å². The van der Waals surface area contributed by atoms with E-state index in [0.717, 1.165) is 19.3 Å². The van der Waals surface area contributed by atoms with Gasteiger partial charge in [-0.25, -0.2) is 0 Å². The summed E-state index contributed by atoms with van der Waals surface area (Å²) < 4.78 is 11.9. The van der Waals surface area contributed by atoms with Crippen molar-refractivity contribution in [1.82, 2.24) is 4.90 Å². The molecule has 2 atom stereocenters. The second-order valence-electron chi connectivity index (χ2n) is 13.9. The van der Waals surface area contributed by atoms with Crippen LogP contribution in [0.4, 0.5) is 0 Å². The van der Waals surface area contributed by atoms with Gasteiger partial charge < -0.3 is 24.6 Å². The van der Waals surface area contributed by atoms with Crippen molar-refractivity contribution in [2.24, 2.45) is 0 Å². The number of nitrogens with zero attached hydrogens (tertiary/aromatic N) is 1. The zero-order valence-corrected chi connectivity index (χ0v) is 31.3. The van der Waals surface area contributed by atoms with Gasteiger partial charge in [-0.3, -0.25) is 4.79 Å². The highest BCUT2D eigenvalue weighted by Crippen LogP contribution is 2.15. The van der Waals surface area contributed by atoms with Gasteiger partial charge in [0, 0.05) is 26.1 Å². The molecule has 0 saturated carbocycles. The van der Waals surface area contributed by atoms with Gasteiger partial charge in [0.1, 0.15) is 6.10 Å². The topological polar surface area (TPSA) is 79.2 Å². The summed E-state index contributed by atoms with van der Waals surface area (Å²) in [5.41, 5.74) is 0. The molecular formula is C40H81NO5. The normalized spacial score (nSPS) is 12.9. The molecule has 46 heavy (non-hydrogen) atoms. The number of carbonyl (C=O) groups excluding carboxylic acids is 1. The molecule has 0 aromatic rings. The molecule has 2 unspecified atom stereocenters. The molecule has 0 bridgehead atoms. The third-order valence-electron chi connectivity index (χ3n) is 9.33. The molecule has 0 saturated heterocycles. The predicted octanol–water partition coefficient (Wildman–Crippen LogP) is 10.6. The number of aliphatic hydroxyl groups excluding tert-OH is 2. The van der Waals surface area contributed by atoms with E-state index in [1.807, 2.05) is 11.8 Å². The average molecular weight is 656 g/mol. The summed E-state index contributed by atoms with van der Waals surface area (Å²) in [5.74, 6) is 0.175. The summed E-state index contributed by atoms with van der Waals surface area (Å²) in [6.07, 6.45) is 35.0. The fraction of sp³-hybridized carbons (Fsp3) is 0.975. The van der Waals surface area contributed by atoms with E-state index in [-0.39, 0.29) is 25.2 Å². The van der Waals surface area contributed by atoms with Crippen molar-refractivity contribution >= 4 is 5.91 Å². The second kappa shape index (κ2) is 37.1. The Morgan fingerprint density at radius 1 is 0.565 bits per heavy atom. The molecule has 0 aromatic carbocycles. The molecule has 1 amide bonds. The summed E-state index contributed by atoms with van der Waals surface area (Å²) in [5, 5.41) is 19.0. The van der Waals surface area contributed by atoms with Crippen LogP contribution in [0.3, 0.4) is 0 Å². The number of aliphatic hydroxyl groups is 2. The lowest BCUT2D eigenvalue weighted by Gasteiger charge is -2.27. The third kappa shape index (κ3) is 31.9. The zero-order chi connectivity index (χ0) is 33.8. The van der Waals surface area contributed by atoms with Gasteiger partial charge in [0.15, 0.2) is 0 Å². The van der Waals surface area contributed by atoms with Crippen molar-refractivity contribution < 1.29 is 24.5 Å². The number of hydrogen-bond donors (Lipinski definition) is 2. The van der Waals surface area contributed by atoms with E-state index in [9.17, 15) is 15.0 Å². The Balaban J connectivity index is 4.02. The van der Waals surface area contributed by atoms with Gasteiger partial charge in [-0.15, -0.1) is 0 Å². The molecule has 276 valence electrons. The molecule has 0 aliphatic rings. The number of ether oxygens (including phenoxy) is 2. The minimum absolute atomic E-state index is 0.0496. The number of carbonyl (C=O) groups is 1. The van der Waals surface area contributed by atoms with E-state index < -0.39 is 6.10 Å². The maximum Gasteiger partial charge on any atom is 0.222 e. The zero-order valence-electron chi connectivity index (χ0n) is 31.3. The van der Waals surface area contributed by atoms with Gasteiger partial charge in [0.25, 0.3) is 0 Å². The molecule has 0 radical (unpaired) electrons. The van der Waals surface area contributed by atoms with E-state index >= 15 is 0 Å². The maximum atomic E-state index is 13.0. The summed E-state index contributed by atoms with van der Waals surface area (Å²) in [6, 6.07) is 0. The van der Waals surface area contributed by atoms with Gasteiger partial charge in [-0.1, -0.05) is 174 Å². The van der Waals surface area contributed by atoms with Crippen molar-refractivity contribution in [1.29, 1.82) is 0 Å². The highest BCUT2D eigenvalue weighted by atomic mass is 16.5. The van der Waals surface area contributed by atoms with Crippen LogP contribution >= 0.6 is 0 Å². The van der Waals surface area contributed by atoms with Crippen LogP contribution in [0.5, 0.6) is 0 Å². The predicted molar refractivity (Wildman–Crippen MR) is 197 cm³/mol. The van der Waals surface area contributed by atoms with Crippen LogP contribution in [-0.4, -0.2) is 72.7 Å². The monoisotopic (exact) mass is 656 g/mol. The minimum atomic E-state index is -0.912. The third-order valence-corrected chi connectivity index (χ3v) is 9.33. The fourth-order valence-corrected chi connectivity index (χ4v) is 6.17. The summed E-state index contributed by atoms with van der Waals surface area (Å²) in [4.78, 5) is 14.8. The van der Waals surface area contributed by atoms with E-state index in [1.165, 1.54) is 154 Å². The molecular weight excluding hydrogens is 574 g/mol. The van der Waals surface area contributed by atoms with Crippen molar-refractivity contribution in [3.63, 3.8) is 0 Å². The van der Waals surface area contributed by atoms with Crippen molar-refractivity contribution in [2.75, 3.05) is 39.5 Å². The van der Waals surface area contributed by atoms with Crippen molar-refractivity contribution in [3.05, 3.63) is 0 Å². The van der Waals surface area contributed by atoms with Gasteiger partial charge in [0.05, 0.1) is 25.9 Å². The van der Waals surface area contributed by atoms with E-state index in [1.54, 1.807) is 0 Å². The molecule has 0 aliphatic carbocycles. The largest absolute Gasteiger partial charge is 0.394 e. The number of likely N-dealkylation sites (N-methyl/N-ethyl adjacent to an activating group) is 1. The second-order valence-corrected chi connectivity index (χ2v) is 13.9. The average Bonchev–Trinajstić information content (AvgIpc) is 3.07. The smallest absolute Gasteiger partial charge is 0.222 e. The number of amides is 1. The first-order valence-electron chi connectivity index (χ1n) is 20.3. The molecule has 0 rings (SSSR count). The number of hydrogen-bond acceptors (Lipinski definition) is 5. The van der Waals surface area contributed by atoms with Crippen LogP contribution in [0.25, 0.3) is 0 Å². The molecule has 2 N–H and O–H groups in total. The van der Waals surface area contributed by atoms with Crippen LogP contribution in [0.2, 0.25) is 0 Å². The lowest BCUT2D eigenvalue weighted by molar-refractivity contribution is -0.135. The lowest BCUT2D eigenvalue weighted by atomic mass is 10.0. The Hall–Kier alpha value is -0.690. The molecule has 0 aliphatic heterocycles. The van der Waals surface area contributed by atoms with Gasteiger partial charge >= 0.3 is 0 Å². The van der Waals surface area contributed by atoms with Crippen molar-refractivity contribution in [3.8, 4) is 0 Å². The maximum absolute atomic E-state index is 13.0.